The lowest BCUT2D eigenvalue weighted by Crippen LogP contribution is -2.57. The second-order valence-electron chi connectivity index (χ2n) is 11.5. The number of rotatable bonds is 6. The quantitative estimate of drug-likeness (QED) is 0.121. The van der Waals surface area contributed by atoms with Gasteiger partial charge >= 0.3 is 0 Å². The van der Waals surface area contributed by atoms with E-state index in [-0.39, 0.29) is 17.8 Å². The fraction of sp³-hybridized carbons (Fsp3) is 0.206. The molecule has 0 radical (unpaired) electrons. The molecule has 3 atom stereocenters. The van der Waals surface area contributed by atoms with Crippen LogP contribution in [-0.2, 0) is 30.6 Å². The Hall–Kier alpha value is -4.53. The van der Waals surface area contributed by atoms with Crippen LogP contribution in [0.5, 0.6) is 0 Å². The van der Waals surface area contributed by atoms with Crippen LogP contribution >= 0.6 is 23.2 Å². The van der Waals surface area contributed by atoms with Crippen molar-refractivity contribution in [2.75, 3.05) is 5.32 Å². The first-order valence-electron chi connectivity index (χ1n) is 14.1. The maximum atomic E-state index is 14.6. The predicted octanol–water partition coefficient (Wildman–Crippen LogP) is 6.05. The van der Waals surface area contributed by atoms with Crippen LogP contribution < -0.4 is 5.32 Å². The molecule has 2 bridgehead atoms. The van der Waals surface area contributed by atoms with Gasteiger partial charge in [0, 0.05) is 23.7 Å². The Balaban J connectivity index is 1.35. The van der Waals surface area contributed by atoms with Crippen LogP contribution in [0.3, 0.4) is 0 Å². The minimum Gasteiger partial charge on any atom is -0.324 e. The van der Waals surface area contributed by atoms with Crippen molar-refractivity contribution >= 4 is 52.3 Å². The van der Waals surface area contributed by atoms with Crippen molar-refractivity contribution in [1.82, 2.24) is 4.90 Å². The van der Waals surface area contributed by atoms with Crippen LogP contribution in [0.4, 0.5) is 11.4 Å². The Labute approximate surface area is 262 Å². The first kappa shape index (κ1) is 28.3. The summed E-state index contributed by atoms with van der Waals surface area (Å²) in [6, 6.07) is 26.7. The van der Waals surface area contributed by atoms with E-state index in [1.165, 1.54) is 12.1 Å². The largest absolute Gasteiger partial charge is 0.324 e. The van der Waals surface area contributed by atoms with E-state index >= 15 is 0 Å². The summed E-state index contributed by atoms with van der Waals surface area (Å²) in [5.41, 5.74) is 3.80. The lowest BCUT2D eigenvalue weighted by Gasteiger charge is -2.54. The fourth-order valence-corrected chi connectivity index (χ4v) is 8.34. The lowest BCUT2D eigenvalue weighted by molar-refractivity contribution is -0.385. The van der Waals surface area contributed by atoms with E-state index in [2.05, 4.69) is 5.32 Å². The van der Waals surface area contributed by atoms with Gasteiger partial charge in [-0.3, -0.25) is 29.4 Å². The second kappa shape index (κ2) is 10.0. The molecule has 8 rings (SSSR count). The maximum Gasteiger partial charge on any atom is 0.274 e. The van der Waals surface area contributed by atoms with E-state index in [0.717, 1.165) is 4.90 Å². The highest BCUT2D eigenvalue weighted by Gasteiger charge is 2.73. The van der Waals surface area contributed by atoms with Crippen molar-refractivity contribution in [2.24, 2.45) is 11.8 Å². The van der Waals surface area contributed by atoms with E-state index in [4.69, 9.17) is 23.2 Å². The van der Waals surface area contributed by atoms with E-state index in [1.54, 1.807) is 37.3 Å². The second-order valence-corrected chi connectivity index (χ2v) is 12.7. The summed E-state index contributed by atoms with van der Waals surface area (Å²) in [5.74, 6) is -3.97. The van der Waals surface area contributed by atoms with Crippen LogP contribution in [0.25, 0.3) is 0 Å². The summed E-state index contributed by atoms with van der Waals surface area (Å²) in [6.07, 6.45) is 0.0159. The number of carbonyl (C=O) groups excluding carboxylic acids is 3. The Morgan fingerprint density at radius 1 is 0.841 bits per heavy atom. The number of imide groups is 1. The zero-order valence-electron chi connectivity index (χ0n) is 23.4. The third-order valence-electron chi connectivity index (χ3n) is 9.18. The third-order valence-corrected chi connectivity index (χ3v) is 10.5. The molecule has 4 aliphatic rings. The Kier molecular flexibility index (Phi) is 6.43. The number of nitro groups is 1. The topological polar surface area (TPSA) is 110 Å². The molecule has 4 aromatic carbocycles. The van der Waals surface area contributed by atoms with Crippen LogP contribution in [0.1, 0.15) is 33.4 Å². The number of likely N-dealkylation sites (tertiary alicyclic amines) is 1. The summed E-state index contributed by atoms with van der Waals surface area (Å²) in [6.45, 7) is 1.60. The van der Waals surface area contributed by atoms with Crippen LogP contribution in [0.2, 0.25) is 0 Å². The molecule has 0 unspecified atom stereocenters. The summed E-state index contributed by atoms with van der Waals surface area (Å²) < 4.78 is 0. The molecule has 4 aromatic rings. The number of nitrogens with one attached hydrogen (secondary N) is 1. The average molecular weight is 626 g/mol. The highest BCUT2D eigenvalue weighted by atomic mass is 35.5. The normalized spacial score (nSPS) is 25.2. The van der Waals surface area contributed by atoms with Gasteiger partial charge in [0.2, 0.25) is 17.7 Å². The van der Waals surface area contributed by atoms with Crippen molar-refractivity contribution in [3.63, 3.8) is 0 Å². The summed E-state index contributed by atoms with van der Waals surface area (Å²) in [5, 5.41) is 14.3. The molecule has 1 N–H and O–H groups in total. The number of nitro benzene ring substituents is 1. The average Bonchev–Trinajstić information content (AvgIpc) is 3.30. The molecule has 8 nitrogen and oxygen atoms in total. The standard InChI is InChI=1S/C34H25Cl2N3O5/c1-19-15-16-21(18-26(19)39(43)44)37-30(40)27(17-20-9-3-2-4-10-20)38-31(41)28-29(32(38)42)34(36)23-12-6-5-11-22(23)33(28,35)24-13-7-8-14-25(24)34/h2-16,18,27-29H,17H2,1H3,(H,37,40)/t27-,28-,29-,33?,34?/m0/s1. The zero-order valence-corrected chi connectivity index (χ0v) is 24.9. The van der Waals surface area contributed by atoms with Crippen molar-refractivity contribution in [1.29, 1.82) is 0 Å². The maximum absolute atomic E-state index is 14.6. The van der Waals surface area contributed by atoms with E-state index in [1.807, 2.05) is 54.6 Å². The lowest BCUT2D eigenvalue weighted by atomic mass is 9.54. The molecule has 3 aliphatic carbocycles. The van der Waals surface area contributed by atoms with Gasteiger partial charge in [-0.1, -0.05) is 84.9 Å². The number of hydrogen-bond acceptors (Lipinski definition) is 5. The zero-order chi connectivity index (χ0) is 31.0. The minimum atomic E-state index is -1.39. The van der Waals surface area contributed by atoms with Gasteiger partial charge in [0.25, 0.3) is 5.69 Å². The van der Waals surface area contributed by atoms with Crippen LogP contribution in [0.15, 0.2) is 97.1 Å². The van der Waals surface area contributed by atoms with Gasteiger partial charge in [-0.25, -0.2) is 0 Å². The molecule has 44 heavy (non-hydrogen) atoms. The van der Waals surface area contributed by atoms with Crippen molar-refractivity contribution in [2.45, 2.75) is 29.1 Å². The first-order chi connectivity index (χ1) is 21.1. The van der Waals surface area contributed by atoms with Crippen molar-refractivity contribution < 1.29 is 19.3 Å². The van der Waals surface area contributed by atoms with Gasteiger partial charge in [0.05, 0.1) is 16.8 Å². The molecule has 10 heteroatoms. The number of alkyl halides is 2. The molecule has 3 amide bonds. The number of benzene rings is 4. The number of hydrogen-bond donors (Lipinski definition) is 1. The van der Waals surface area contributed by atoms with Gasteiger partial charge in [0.15, 0.2) is 0 Å². The third kappa shape index (κ3) is 3.80. The van der Waals surface area contributed by atoms with E-state index in [0.29, 0.717) is 33.4 Å². The molecular formula is C34H25Cl2N3O5. The molecule has 1 heterocycles. The number of amides is 3. The minimum absolute atomic E-state index is 0.0159. The Bertz CT molecular complexity index is 1770. The summed E-state index contributed by atoms with van der Waals surface area (Å²) in [7, 11) is 0. The Morgan fingerprint density at radius 3 is 1.80 bits per heavy atom. The van der Waals surface area contributed by atoms with Crippen molar-refractivity contribution in [3.05, 3.63) is 141 Å². The van der Waals surface area contributed by atoms with Crippen LogP contribution in [-0.4, -0.2) is 33.6 Å². The van der Waals surface area contributed by atoms with Crippen molar-refractivity contribution in [3.8, 4) is 0 Å². The number of anilines is 1. The number of aryl methyl sites for hydroxylation is 1. The molecule has 0 saturated carbocycles. The van der Waals surface area contributed by atoms with Gasteiger partial charge in [-0.15, -0.1) is 23.2 Å². The smallest absolute Gasteiger partial charge is 0.274 e. The Morgan fingerprint density at radius 2 is 1.32 bits per heavy atom. The SMILES string of the molecule is Cc1ccc(NC(=O)[C@H](Cc2ccccc2)N2C(=O)[C@@H]3[C@@H](C2=O)C2(Cl)c4ccccc4C3(Cl)c3ccccc32)cc1[N+](=O)[O-]. The summed E-state index contributed by atoms with van der Waals surface area (Å²) in [4.78, 5) is 52.5. The number of halogens is 2. The van der Waals surface area contributed by atoms with Gasteiger partial charge < -0.3 is 5.32 Å². The van der Waals surface area contributed by atoms with Crippen LogP contribution in [0, 0.1) is 28.9 Å². The monoisotopic (exact) mass is 625 g/mol. The van der Waals surface area contributed by atoms with E-state index in [9.17, 15) is 24.5 Å². The molecule has 1 fully saturated rings. The molecular weight excluding hydrogens is 601 g/mol. The predicted molar refractivity (Wildman–Crippen MR) is 165 cm³/mol. The number of nitrogens with zero attached hydrogens (tertiary/aromatic N) is 2. The molecule has 1 saturated heterocycles. The summed E-state index contributed by atoms with van der Waals surface area (Å²) >= 11 is 15.1. The highest BCUT2D eigenvalue weighted by Crippen LogP contribution is 2.69. The van der Waals surface area contributed by atoms with Gasteiger partial charge in [-0.05, 0) is 40.8 Å². The molecule has 1 aliphatic heterocycles. The van der Waals surface area contributed by atoms with Gasteiger partial charge in [-0.2, -0.15) is 0 Å². The number of carbonyl (C=O) groups is 3. The van der Waals surface area contributed by atoms with Gasteiger partial charge in [0.1, 0.15) is 15.8 Å². The molecule has 0 spiro atoms. The molecule has 220 valence electrons. The highest BCUT2D eigenvalue weighted by molar-refractivity contribution is 6.36. The fourth-order valence-electron chi connectivity index (χ4n) is 7.24. The van der Waals surface area contributed by atoms with E-state index < -0.39 is 50.3 Å². The first-order valence-corrected chi connectivity index (χ1v) is 14.9. The molecule has 0 aromatic heterocycles.